The molecule has 0 bridgehead atoms. The molecule has 2 amide bonds. The van der Waals surface area contributed by atoms with E-state index in [4.69, 9.17) is 0 Å². The number of rotatable bonds is 4. The Labute approximate surface area is 115 Å². The number of likely N-dealkylation sites (N-methyl/N-ethyl adjacent to an activating group) is 1. The van der Waals surface area contributed by atoms with Crippen LogP contribution in [-0.2, 0) is 16.0 Å². The first-order chi connectivity index (χ1) is 9.40. The average molecular weight is 282 g/mol. The molecule has 0 saturated carbocycles. The van der Waals surface area contributed by atoms with Gasteiger partial charge in [0.25, 0.3) is 0 Å². The zero-order chi connectivity index (χ0) is 14.9. The van der Waals surface area contributed by atoms with Gasteiger partial charge in [-0.05, 0) is 25.5 Å². The maximum atomic E-state index is 13.5. The van der Waals surface area contributed by atoms with E-state index in [9.17, 15) is 18.4 Å². The van der Waals surface area contributed by atoms with Crippen molar-refractivity contribution in [3.63, 3.8) is 0 Å². The van der Waals surface area contributed by atoms with Gasteiger partial charge in [-0.1, -0.05) is 6.07 Å². The molecule has 0 aliphatic carbocycles. The number of carbonyl (C=O) groups is 2. The summed E-state index contributed by atoms with van der Waals surface area (Å²) in [6, 6.07) is 2.76. The van der Waals surface area contributed by atoms with Gasteiger partial charge in [0, 0.05) is 18.7 Å². The van der Waals surface area contributed by atoms with Crippen LogP contribution >= 0.6 is 0 Å². The summed E-state index contributed by atoms with van der Waals surface area (Å²) < 4.78 is 27.1. The lowest BCUT2D eigenvalue weighted by molar-refractivity contribution is -0.137. The summed E-state index contributed by atoms with van der Waals surface area (Å²) in [4.78, 5) is 24.2. The Kier molecular flexibility index (Phi) is 4.13. The fourth-order valence-corrected chi connectivity index (χ4v) is 2.32. The van der Waals surface area contributed by atoms with Crippen molar-refractivity contribution in [1.82, 2.24) is 10.2 Å². The highest BCUT2D eigenvalue weighted by Crippen LogP contribution is 2.16. The molecule has 1 heterocycles. The van der Waals surface area contributed by atoms with Gasteiger partial charge in [0.1, 0.15) is 11.6 Å². The van der Waals surface area contributed by atoms with Crippen LogP contribution in [0.1, 0.15) is 18.9 Å². The molecular formula is C14H16F2N2O2. The highest BCUT2D eigenvalue weighted by molar-refractivity contribution is 6.05. The lowest BCUT2D eigenvalue weighted by atomic mass is 10.0. The van der Waals surface area contributed by atoms with Crippen molar-refractivity contribution in [2.75, 3.05) is 7.05 Å². The minimum absolute atomic E-state index is 0.0161. The zero-order valence-corrected chi connectivity index (χ0v) is 11.3. The average Bonchev–Trinajstić information content (AvgIpc) is 2.62. The number of hydrogen-bond acceptors (Lipinski definition) is 3. The fourth-order valence-electron chi connectivity index (χ4n) is 2.32. The van der Waals surface area contributed by atoms with Gasteiger partial charge in [0.05, 0.1) is 12.5 Å². The van der Waals surface area contributed by atoms with Gasteiger partial charge >= 0.3 is 0 Å². The van der Waals surface area contributed by atoms with E-state index in [-0.39, 0.29) is 36.3 Å². The van der Waals surface area contributed by atoms with Crippen molar-refractivity contribution in [2.45, 2.75) is 31.8 Å². The first-order valence-electron chi connectivity index (χ1n) is 6.39. The molecule has 1 aliphatic rings. The van der Waals surface area contributed by atoms with Gasteiger partial charge in [0.2, 0.25) is 11.8 Å². The predicted molar refractivity (Wildman–Crippen MR) is 68.8 cm³/mol. The molecule has 2 rings (SSSR count). The summed E-state index contributed by atoms with van der Waals surface area (Å²) in [5.74, 6) is -1.78. The van der Waals surface area contributed by atoms with Crippen molar-refractivity contribution < 1.29 is 18.4 Å². The summed E-state index contributed by atoms with van der Waals surface area (Å²) >= 11 is 0. The maximum Gasteiger partial charge on any atom is 0.246 e. The van der Waals surface area contributed by atoms with Crippen molar-refractivity contribution in [3.05, 3.63) is 35.4 Å². The molecule has 6 heteroatoms. The van der Waals surface area contributed by atoms with E-state index in [0.29, 0.717) is 0 Å². The van der Waals surface area contributed by atoms with E-state index in [1.807, 2.05) is 0 Å². The van der Waals surface area contributed by atoms with Gasteiger partial charge in [-0.3, -0.25) is 14.5 Å². The maximum absolute atomic E-state index is 13.5. The molecule has 1 saturated heterocycles. The number of amides is 2. The first kappa shape index (κ1) is 14.6. The molecule has 2 unspecified atom stereocenters. The van der Waals surface area contributed by atoms with Crippen LogP contribution in [0.5, 0.6) is 0 Å². The fraction of sp³-hybridized carbons (Fsp3) is 0.429. The first-order valence-corrected chi connectivity index (χ1v) is 6.39. The van der Waals surface area contributed by atoms with Gasteiger partial charge in [-0.2, -0.15) is 0 Å². The van der Waals surface area contributed by atoms with Crippen LogP contribution in [0.3, 0.4) is 0 Å². The standard InChI is InChI=1S/C14H16F2N2O2/c1-8(6-9-10(15)4-3-5-11(9)16)17-12-7-13(19)18(2)14(12)20/h3-5,8,12,17H,6-7H2,1-2H3. The number of likely N-dealkylation sites (tertiary alicyclic amines) is 1. The number of carbonyl (C=O) groups excluding carboxylic acids is 2. The zero-order valence-electron chi connectivity index (χ0n) is 11.3. The Morgan fingerprint density at radius 2 is 1.95 bits per heavy atom. The Balaban J connectivity index is 2.02. The molecule has 1 fully saturated rings. The molecule has 0 aromatic heterocycles. The van der Waals surface area contributed by atoms with E-state index in [2.05, 4.69) is 5.32 Å². The largest absolute Gasteiger partial charge is 0.303 e. The minimum atomic E-state index is -0.614. The van der Waals surface area contributed by atoms with E-state index >= 15 is 0 Å². The second-order valence-electron chi connectivity index (χ2n) is 5.02. The summed E-state index contributed by atoms with van der Waals surface area (Å²) in [7, 11) is 1.42. The predicted octanol–water partition coefficient (Wildman–Crippen LogP) is 1.24. The number of benzene rings is 1. The van der Waals surface area contributed by atoms with E-state index in [1.54, 1.807) is 6.92 Å². The number of imide groups is 1. The summed E-state index contributed by atoms with van der Waals surface area (Å²) in [5.41, 5.74) is -0.0161. The third-order valence-electron chi connectivity index (χ3n) is 3.44. The highest BCUT2D eigenvalue weighted by Gasteiger charge is 2.36. The Morgan fingerprint density at radius 3 is 2.45 bits per heavy atom. The number of halogens is 2. The van der Waals surface area contributed by atoms with Crippen LogP contribution in [0.15, 0.2) is 18.2 Å². The van der Waals surface area contributed by atoms with Crippen molar-refractivity contribution in [1.29, 1.82) is 0 Å². The molecule has 1 aromatic rings. The minimum Gasteiger partial charge on any atom is -0.303 e. The third-order valence-corrected chi connectivity index (χ3v) is 3.44. The van der Waals surface area contributed by atoms with Gasteiger partial charge < -0.3 is 5.32 Å². The molecule has 0 radical (unpaired) electrons. The molecule has 108 valence electrons. The summed E-state index contributed by atoms with van der Waals surface area (Å²) in [6.45, 7) is 1.72. The molecule has 20 heavy (non-hydrogen) atoms. The van der Waals surface area contributed by atoms with Crippen LogP contribution in [-0.4, -0.2) is 35.8 Å². The molecule has 2 atom stereocenters. The Hall–Kier alpha value is -1.82. The molecule has 0 spiro atoms. The van der Waals surface area contributed by atoms with E-state index in [1.165, 1.54) is 25.2 Å². The summed E-state index contributed by atoms with van der Waals surface area (Å²) in [5, 5.41) is 2.95. The van der Waals surface area contributed by atoms with Crippen LogP contribution < -0.4 is 5.32 Å². The molecule has 1 aliphatic heterocycles. The monoisotopic (exact) mass is 282 g/mol. The van der Waals surface area contributed by atoms with Gasteiger partial charge in [0.15, 0.2) is 0 Å². The highest BCUT2D eigenvalue weighted by atomic mass is 19.1. The lowest BCUT2D eigenvalue weighted by Crippen LogP contribution is -2.42. The molecule has 4 nitrogen and oxygen atoms in total. The van der Waals surface area contributed by atoms with Crippen LogP contribution in [0.4, 0.5) is 8.78 Å². The number of hydrogen-bond donors (Lipinski definition) is 1. The lowest BCUT2D eigenvalue weighted by Gasteiger charge is -2.18. The third kappa shape index (κ3) is 2.85. The quantitative estimate of drug-likeness (QED) is 0.845. The van der Waals surface area contributed by atoms with Gasteiger partial charge in [-0.25, -0.2) is 8.78 Å². The van der Waals surface area contributed by atoms with Crippen molar-refractivity contribution in [3.8, 4) is 0 Å². The topological polar surface area (TPSA) is 49.4 Å². The smallest absolute Gasteiger partial charge is 0.246 e. The SMILES string of the molecule is CC(Cc1c(F)cccc1F)NC1CC(=O)N(C)C1=O. The Bertz CT molecular complexity index is 528. The molecule has 1 N–H and O–H groups in total. The normalized spacial score (nSPS) is 20.6. The Morgan fingerprint density at radius 1 is 1.35 bits per heavy atom. The van der Waals surface area contributed by atoms with Crippen molar-refractivity contribution in [2.24, 2.45) is 0 Å². The van der Waals surface area contributed by atoms with Crippen molar-refractivity contribution >= 4 is 11.8 Å². The molecular weight excluding hydrogens is 266 g/mol. The van der Waals surface area contributed by atoms with Crippen LogP contribution in [0, 0.1) is 11.6 Å². The molecule has 1 aromatic carbocycles. The van der Waals surface area contributed by atoms with E-state index in [0.717, 1.165) is 4.90 Å². The second-order valence-corrected chi connectivity index (χ2v) is 5.02. The summed E-state index contributed by atoms with van der Waals surface area (Å²) in [6.07, 6.45) is 0.194. The number of nitrogens with one attached hydrogen (secondary N) is 1. The van der Waals surface area contributed by atoms with Crippen LogP contribution in [0.25, 0.3) is 0 Å². The number of nitrogens with zero attached hydrogens (tertiary/aromatic N) is 1. The van der Waals surface area contributed by atoms with Crippen LogP contribution in [0.2, 0.25) is 0 Å². The van der Waals surface area contributed by atoms with Gasteiger partial charge in [-0.15, -0.1) is 0 Å². The van der Waals surface area contributed by atoms with E-state index < -0.39 is 17.7 Å². The second kappa shape index (κ2) is 5.66.